The molecule has 102 valence electrons. The van der Waals surface area contributed by atoms with Crippen LogP contribution in [0.1, 0.15) is 0 Å². The molecule has 0 unspecified atom stereocenters. The molecule has 0 bridgehead atoms. The molecule has 6 heteroatoms. The molecule has 19 heavy (non-hydrogen) atoms. The Morgan fingerprint density at radius 3 is 2.26 bits per heavy atom. The minimum Gasteiger partial charge on any atom is -0.477 e. The predicted octanol–water partition coefficient (Wildman–Crippen LogP) is 1.50. The Hall–Kier alpha value is -2.08. The summed E-state index contributed by atoms with van der Waals surface area (Å²) in [6.45, 7) is 0. The Bertz CT molecular complexity index is 601. The number of sulfone groups is 1. The van der Waals surface area contributed by atoms with Gasteiger partial charge in [0, 0.05) is 14.1 Å². The molecule has 0 heterocycles. The summed E-state index contributed by atoms with van der Waals surface area (Å²) >= 11 is 0. The van der Waals surface area contributed by atoms with E-state index in [1.807, 2.05) is 0 Å². The lowest BCUT2D eigenvalue weighted by atomic mass is 10.4. The molecule has 0 spiro atoms. The van der Waals surface area contributed by atoms with Crippen LogP contribution in [-0.4, -0.2) is 38.5 Å². The molecule has 0 aliphatic rings. The van der Waals surface area contributed by atoms with E-state index in [2.05, 4.69) is 0 Å². The van der Waals surface area contributed by atoms with Crippen molar-refractivity contribution in [2.45, 2.75) is 4.90 Å². The molecule has 0 radical (unpaired) electrons. The fraction of sp³-hybridized carbons (Fsp3) is 0.154. The molecule has 0 saturated heterocycles. The molecule has 5 nitrogen and oxygen atoms in total. The highest BCUT2D eigenvalue weighted by Crippen LogP contribution is 2.19. The lowest BCUT2D eigenvalue weighted by molar-refractivity contribution is -0.131. The van der Waals surface area contributed by atoms with Crippen LogP contribution in [0.3, 0.4) is 0 Å². The van der Waals surface area contributed by atoms with Crippen LogP contribution in [0.15, 0.2) is 58.5 Å². The molecular formula is C13H15NO4S. The molecule has 0 fully saturated rings. The highest BCUT2D eigenvalue weighted by atomic mass is 32.2. The van der Waals surface area contributed by atoms with Crippen LogP contribution in [0.5, 0.6) is 0 Å². The summed E-state index contributed by atoms with van der Waals surface area (Å²) in [7, 11) is -0.513. The maximum absolute atomic E-state index is 12.2. The van der Waals surface area contributed by atoms with E-state index in [1.165, 1.54) is 18.2 Å². The second kappa shape index (κ2) is 6.19. The highest BCUT2D eigenvalue weighted by Gasteiger charge is 2.25. The first-order chi connectivity index (χ1) is 8.85. The molecule has 0 atom stereocenters. The lowest BCUT2D eigenvalue weighted by Gasteiger charge is -2.05. The molecule has 0 amide bonds. The van der Waals surface area contributed by atoms with Gasteiger partial charge in [-0.3, -0.25) is 0 Å². The Kier molecular flexibility index (Phi) is 4.88. The van der Waals surface area contributed by atoms with E-state index in [0.29, 0.717) is 0 Å². The zero-order valence-electron chi connectivity index (χ0n) is 10.6. The van der Waals surface area contributed by atoms with Gasteiger partial charge < -0.3 is 10.0 Å². The average molecular weight is 281 g/mol. The van der Waals surface area contributed by atoms with Gasteiger partial charge in [-0.15, -0.1) is 0 Å². The van der Waals surface area contributed by atoms with E-state index in [-0.39, 0.29) is 4.90 Å². The normalized spacial score (nSPS) is 12.6. The smallest absolute Gasteiger partial charge is 0.347 e. The summed E-state index contributed by atoms with van der Waals surface area (Å²) in [5.74, 6) is -1.48. The van der Waals surface area contributed by atoms with Crippen molar-refractivity contribution < 1.29 is 18.3 Å². The average Bonchev–Trinajstić information content (AvgIpc) is 2.34. The van der Waals surface area contributed by atoms with Crippen LogP contribution in [0.25, 0.3) is 0 Å². The molecule has 1 aromatic carbocycles. The van der Waals surface area contributed by atoms with Gasteiger partial charge in [-0.2, -0.15) is 0 Å². The van der Waals surface area contributed by atoms with Gasteiger partial charge in [0.15, 0.2) is 4.91 Å². The van der Waals surface area contributed by atoms with E-state index in [0.717, 1.165) is 6.08 Å². The molecule has 0 aliphatic carbocycles. The van der Waals surface area contributed by atoms with Crippen LogP contribution in [0, 0.1) is 0 Å². The van der Waals surface area contributed by atoms with Crippen molar-refractivity contribution in [3.05, 3.63) is 53.6 Å². The first-order valence-electron chi connectivity index (χ1n) is 5.44. The van der Waals surface area contributed by atoms with Gasteiger partial charge >= 0.3 is 5.97 Å². The largest absolute Gasteiger partial charge is 0.477 e. The summed E-state index contributed by atoms with van der Waals surface area (Å²) in [6.07, 6.45) is 4.01. The van der Waals surface area contributed by atoms with Crippen molar-refractivity contribution >= 4 is 15.8 Å². The highest BCUT2D eigenvalue weighted by molar-refractivity contribution is 7.96. The number of aliphatic carboxylic acids is 1. The maximum Gasteiger partial charge on any atom is 0.347 e. The van der Waals surface area contributed by atoms with Gasteiger partial charge in [0.25, 0.3) is 0 Å². The second-order valence-corrected chi connectivity index (χ2v) is 5.88. The van der Waals surface area contributed by atoms with Crippen LogP contribution in [0.2, 0.25) is 0 Å². The molecule has 0 aliphatic heterocycles. The number of carboxylic acids is 1. The number of rotatable bonds is 5. The molecule has 0 saturated carbocycles. The van der Waals surface area contributed by atoms with E-state index in [1.54, 1.807) is 43.4 Å². The lowest BCUT2D eigenvalue weighted by Crippen LogP contribution is -2.13. The third kappa shape index (κ3) is 3.96. The summed E-state index contributed by atoms with van der Waals surface area (Å²) in [5.41, 5.74) is 0. The zero-order chi connectivity index (χ0) is 14.5. The SMILES string of the molecule is CN(C)C=CC=C(C(=O)O)S(=O)(=O)c1ccccc1. The number of hydrogen-bond donors (Lipinski definition) is 1. The Labute approximate surface area is 112 Å². The molecule has 1 rings (SSSR count). The quantitative estimate of drug-likeness (QED) is 0.654. The summed E-state index contributed by atoms with van der Waals surface area (Å²) in [4.78, 5) is 12.1. The van der Waals surface area contributed by atoms with E-state index < -0.39 is 20.7 Å². The fourth-order valence-electron chi connectivity index (χ4n) is 1.30. The number of carboxylic acid groups (broad SMARTS) is 1. The van der Waals surface area contributed by atoms with Crippen LogP contribution in [0.4, 0.5) is 0 Å². The van der Waals surface area contributed by atoms with Gasteiger partial charge in [0.2, 0.25) is 9.84 Å². The monoisotopic (exact) mass is 281 g/mol. The van der Waals surface area contributed by atoms with Gasteiger partial charge in [-0.25, -0.2) is 13.2 Å². The van der Waals surface area contributed by atoms with Crippen molar-refractivity contribution in [2.24, 2.45) is 0 Å². The second-order valence-electron chi connectivity index (χ2n) is 3.96. The van der Waals surface area contributed by atoms with Crippen molar-refractivity contribution in [1.29, 1.82) is 0 Å². The topological polar surface area (TPSA) is 74.7 Å². The fourth-order valence-corrected chi connectivity index (χ4v) is 2.56. The van der Waals surface area contributed by atoms with Gasteiger partial charge in [-0.05, 0) is 30.5 Å². The summed E-state index contributed by atoms with van der Waals surface area (Å²) in [5, 5.41) is 9.04. The number of hydrogen-bond acceptors (Lipinski definition) is 4. The summed E-state index contributed by atoms with van der Waals surface area (Å²) < 4.78 is 24.3. The van der Waals surface area contributed by atoms with Crippen LogP contribution in [-0.2, 0) is 14.6 Å². The van der Waals surface area contributed by atoms with Crippen molar-refractivity contribution in [2.75, 3.05) is 14.1 Å². The van der Waals surface area contributed by atoms with Gasteiger partial charge in [-0.1, -0.05) is 18.2 Å². The van der Waals surface area contributed by atoms with Gasteiger partial charge in [0.1, 0.15) is 0 Å². The Balaban J connectivity index is 3.24. The van der Waals surface area contributed by atoms with E-state index >= 15 is 0 Å². The van der Waals surface area contributed by atoms with Crippen LogP contribution >= 0.6 is 0 Å². The third-order valence-corrected chi connectivity index (χ3v) is 3.97. The maximum atomic E-state index is 12.2. The molecule has 1 aromatic rings. The first kappa shape index (κ1) is 15.0. The number of allylic oxidation sites excluding steroid dienone is 2. The first-order valence-corrected chi connectivity index (χ1v) is 6.92. The molecule has 0 aromatic heterocycles. The Morgan fingerprint density at radius 1 is 1.21 bits per heavy atom. The van der Waals surface area contributed by atoms with E-state index in [9.17, 15) is 13.2 Å². The minimum atomic E-state index is -4.01. The van der Waals surface area contributed by atoms with E-state index in [4.69, 9.17) is 5.11 Å². The number of nitrogens with zero attached hydrogens (tertiary/aromatic N) is 1. The van der Waals surface area contributed by atoms with Crippen LogP contribution < -0.4 is 0 Å². The predicted molar refractivity (Wildman–Crippen MR) is 72.2 cm³/mol. The number of benzene rings is 1. The third-order valence-electron chi connectivity index (χ3n) is 2.19. The Morgan fingerprint density at radius 2 is 1.79 bits per heavy atom. The number of carbonyl (C=O) groups is 1. The van der Waals surface area contributed by atoms with Crippen molar-refractivity contribution in [3.63, 3.8) is 0 Å². The summed E-state index contributed by atoms with van der Waals surface area (Å²) in [6, 6.07) is 7.47. The van der Waals surface area contributed by atoms with Crippen molar-refractivity contribution in [1.82, 2.24) is 4.90 Å². The molecule has 1 N–H and O–H groups in total. The van der Waals surface area contributed by atoms with Crippen molar-refractivity contribution in [3.8, 4) is 0 Å². The zero-order valence-corrected chi connectivity index (χ0v) is 11.5. The molecular weight excluding hydrogens is 266 g/mol. The minimum absolute atomic E-state index is 0.0399. The van der Waals surface area contributed by atoms with Gasteiger partial charge in [0.05, 0.1) is 4.90 Å². The standard InChI is InChI=1S/C13H15NO4S/c1-14(2)10-6-9-12(13(15)16)19(17,18)11-7-4-3-5-8-11/h3-10H,1-2H3,(H,15,16).